The maximum Gasteiger partial charge on any atom is 0.0892 e. The van der Waals surface area contributed by atoms with Crippen LogP contribution in [0.4, 0.5) is 5.69 Å². The van der Waals surface area contributed by atoms with Crippen molar-refractivity contribution in [2.45, 2.75) is 83.3 Å². The van der Waals surface area contributed by atoms with Gasteiger partial charge in [0, 0.05) is 29.8 Å². The number of hydrogen-bond donors (Lipinski definition) is 1. The van der Waals surface area contributed by atoms with Crippen LogP contribution < -0.4 is 5.32 Å². The monoisotopic (exact) mass is 327 g/mol. The topological polar surface area (TPSA) is 21.3 Å². The zero-order valence-corrected chi connectivity index (χ0v) is 15.6. The second-order valence-corrected chi connectivity index (χ2v) is 9.22. The van der Waals surface area contributed by atoms with Crippen molar-refractivity contribution in [3.05, 3.63) is 29.3 Å². The van der Waals surface area contributed by atoms with Gasteiger partial charge in [0.05, 0.1) is 6.10 Å². The van der Waals surface area contributed by atoms with E-state index >= 15 is 0 Å². The molecule has 2 heteroatoms. The van der Waals surface area contributed by atoms with Crippen molar-refractivity contribution in [2.24, 2.45) is 11.8 Å². The van der Waals surface area contributed by atoms with E-state index in [1.54, 1.807) is 0 Å². The molecule has 0 radical (unpaired) electrons. The minimum atomic E-state index is 0.194. The first-order chi connectivity index (χ1) is 11.5. The number of ether oxygens (including phenoxy) is 1. The van der Waals surface area contributed by atoms with E-state index in [0.29, 0.717) is 18.1 Å². The maximum atomic E-state index is 6.36. The average molecular weight is 328 g/mol. The van der Waals surface area contributed by atoms with E-state index in [9.17, 15) is 0 Å². The molecule has 1 aromatic carbocycles. The fourth-order valence-corrected chi connectivity index (χ4v) is 5.14. The Balaban J connectivity index is 1.69. The number of hydrogen-bond acceptors (Lipinski definition) is 2. The highest BCUT2D eigenvalue weighted by Gasteiger charge is 2.42. The van der Waals surface area contributed by atoms with Crippen LogP contribution in [0.15, 0.2) is 18.2 Å². The van der Waals surface area contributed by atoms with Gasteiger partial charge in [-0.2, -0.15) is 0 Å². The Bertz CT molecular complexity index is 582. The van der Waals surface area contributed by atoms with Gasteiger partial charge in [-0.05, 0) is 48.6 Å². The number of fused-ring (bicyclic) bond motifs is 3. The van der Waals surface area contributed by atoms with Gasteiger partial charge in [-0.15, -0.1) is 0 Å². The van der Waals surface area contributed by atoms with Crippen molar-refractivity contribution in [3.8, 4) is 0 Å². The Morgan fingerprint density at radius 2 is 1.79 bits per heavy atom. The van der Waals surface area contributed by atoms with E-state index < -0.39 is 0 Å². The van der Waals surface area contributed by atoms with Crippen molar-refractivity contribution < 1.29 is 4.74 Å². The molecule has 3 atom stereocenters. The molecule has 1 saturated heterocycles. The first-order valence-corrected chi connectivity index (χ1v) is 10.1. The van der Waals surface area contributed by atoms with Gasteiger partial charge in [0.15, 0.2) is 0 Å². The Morgan fingerprint density at radius 1 is 1.00 bits per heavy atom. The summed E-state index contributed by atoms with van der Waals surface area (Å²) in [6, 6.07) is 7.67. The number of nitrogens with one attached hydrogen (secondary N) is 1. The molecule has 0 spiro atoms. The van der Waals surface area contributed by atoms with Crippen LogP contribution in [0.3, 0.4) is 0 Å². The molecule has 3 aliphatic rings. The van der Waals surface area contributed by atoms with Crippen LogP contribution >= 0.6 is 0 Å². The van der Waals surface area contributed by atoms with E-state index in [1.807, 2.05) is 0 Å². The normalized spacial score (nSPS) is 31.0. The SMILES string of the molecule is CC(C)(C)c1ccc2c(c1)[C@H]1OCCC[C@H]1[C@H](C1CCCCC1)N2. The van der Waals surface area contributed by atoms with Crippen LogP contribution in [0, 0.1) is 11.8 Å². The Morgan fingerprint density at radius 3 is 2.54 bits per heavy atom. The van der Waals surface area contributed by atoms with Gasteiger partial charge in [0.25, 0.3) is 0 Å². The number of anilines is 1. The van der Waals surface area contributed by atoms with Crippen molar-refractivity contribution >= 4 is 5.69 Å². The molecule has 0 bridgehead atoms. The van der Waals surface area contributed by atoms with Crippen molar-refractivity contribution in [1.29, 1.82) is 0 Å². The first kappa shape index (κ1) is 16.4. The zero-order chi connectivity index (χ0) is 16.7. The molecule has 0 amide bonds. The summed E-state index contributed by atoms with van der Waals surface area (Å²) >= 11 is 0. The van der Waals surface area contributed by atoms with Crippen molar-refractivity contribution in [2.75, 3.05) is 11.9 Å². The lowest BCUT2D eigenvalue weighted by Crippen LogP contribution is -2.46. The summed E-state index contributed by atoms with van der Waals surface area (Å²) in [6.45, 7) is 7.83. The number of benzene rings is 1. The summed E-state index contributed by atoms with van der Waals surface area (Å²) in [6.07, 6.45) is 9.90. The second-order valence-electron chi connectivity index (χ2n) is 9.22. The summed E-state index contributed by atoms with van der Waals surface area (Å²) in [5.74, 6) is 1.49. The van der Waals surface area contributed by atoms with E-state index in [4.69, 9.17) is 4.74 Å². The molecule has 132 valence electrons. The van der Waals surface area contributed by atoms with Crippen molar-refractivity contribution in [1.82, 2.24) is 0 Å². The third kappa shape index (κ3) is 2.98. The van der Waals surface area contributed by atoms with Crippen molar-refractivity contribution in [3.63, 3.8) is 0 Å². The Labute approximate surface area is 147 Å². The molecule has 2 aliphatic heterocycles. The van der Waals surface area contributed by atoms with Crippen LogP contribution in [-0.4, -0.2) is 12.6 Å². The minimum absolute atomic E-state index is 0.194. The lowest BCUT2D eigenvalue weighted by atomic mass is 9.70. The average Bonchev–Trinajstić information content (AvgIpc) is 2.60. The highest BCUT2D eigenvalue weighted by atomic mass is 16.5. The van der Waals surface area contributed by atoms with Gasteiger partial charge >= 0.3 is 0 Å². The largest absolute Gasteiger partial charge is 0.381 e. The van der Waals surface area contributed by atoms with Crippen LogP contribution in [0.25, 0.3) is 0 Å². The van der Waals surface area contributed by atoms with Gasteiger partial charge in [0.1, 0.15) is 0 Å². The molecule has 2 heterocycles. The molecule has 2 fully saturated rings. The summed E-state index contributed by atoms with van der Waals surface area (Å²) in [4.78, 5) is 0. The fourth-order valence-electron chi connectivity index (χ4n) is 5.14. The predicted molar refractivity (Wildman–Crippen MR) is 101 cm³/mol. The lowest BCUT2D eigenvalue weighted by Gasteiger charge is -2.47. The molecule has 2 nitrogen and oxygen atoms in total. The van der Waals surface area contributed by atoms with Gasteiger partial charge in [-0.3, -0.25) is 0 Å². The van der Waals surface area contributed by atoms with E-state index in [-0.39, 0.29) is 5.41 Å². The Hall–Kier alpha value is -1.02. The summed E-state index contributed by atoms with van der Waals surface area (Å²) in [5.41, 5.74) is 4.37. The summed E-state index contributed by atoms with van der Waals surface area (Å²) in [7, 11) is 0. The zero-order valence-electron chi connectivity index (χ0n) is 15.6. The Kier molecular flexibility index (Phi) is 4.36. The molecule has 1 saturated carbocycles. The molecule has 24 heavy (non-hydrogen) atoms. The highest BCUT2D eigenvalue weighted by molar-refractivity contribution is 5.58. The molecule has 1 N–H and O–H groups in total. The standard InChI is InChI=1S/C22H33NO/c1-22(2,3)16-11-12-19-18(14-16)21-17(10-7-13-24-21)20(23-19)15-8-5-4-6-9-15/h11-12,14-15,17,20-21,23H,4-10,13H2,1-3H3/t17-,20-,21-/m0/s1. The van der Waals surface area contributed by atoms with Gasteiger partial charge in [0.2, 0.25) is 0 Å². The second kappa shape index (κ2) is 6.37. The summed E-state index contributed by atoms with van der Waals surface area (Å²) < 4.78 is 6.36. The molecule has 1 aliphatic carbocycles. The van der Waals surface area contributed by atoms with E-state index in [2.05, 4.69) is 44.3 Å². The highest BCUT2D eigenvalue weighted by Crippen LogP contribution is 2.48. The molecule has 4 rings (SSSR count). The lowest BCUT2D eigenvalue weighted by molar-refractivity contribution is -0.0458. The van der Waals surface area contributed by atoms with Gasteiger partial charge in [-0.25, -0.2) is 0 Å². The molecular formula is C22H33NO. The third-order valence-electron chi connectivity index (χ3n) is 6.53. The summed E-state index contributed by atoms with van der Waals surface area (Å²) in [5, 5.41) is 3.96. The first-order valence-electron chi connectivity index (χ1n) is 10.1. The van der Waals surface area contributed by atoms with Crippen LogP contribution in [0.1, 0.15) is 82.9 Å². The molecule has 0 unspecified atom stereocenters. The minimum Gasteiger partial charge on any atom is -0.381 e. The quantitative estimate of drug-likeness (QED) is 0.701. The molecular weight excluding hydrogens is 294 g/mol. The third-order valence-corrected chi connectivity index (χ3v) is 6.53. The number of rotatable bonds is 1. The van der Waals surface area contributed by atoms with Crippen LogP contribution in [0.5, 0.6) is 0 Å². The van der Waals surface area contributed by atoms with E-state index in [1.165, 1.54) is 61.8 Å². The van der Waals surface area contributed by atoms with Gasteiger partial charge < -0.3 is 10.1 Å². The predicted octanol–water partition coefficient (Wildman–Crippen LogP) is 5.83. The van der Waals surface area contributed by atoms with Crippen LogP contribution in [-0.2, 0) is 10.2 Å². The maximum absolute atomic E-state index is 6.36. The molecule has 0 aromatic heterocycles. The van der Waals surface area contributed by atoms with Crippen LogP contribution in [0.2, 0.25) is 0 Å². The van der Waals surface area contributed by atoms with Gasteiger partial charge in [-0.1, -0.05) is 52.2 Å². The molecule has 1 aromatic rings. The van der Waals surface area contributed by atoms with E-state index in [0.717, 1.165) is 12.5 Å². The smallest absolute Gasteiger partial charge is 0.0892 e. The fraction of sp³-hybridized carbons (Fsp3) is 0.727.